The van der Waals surface area contributed by atoms with Gasteiger partial charge in [-0.1, -0.05) is 30.3 Å². The topological polar surface area (TPSA) is 24.3 Å². The maximum absolute atomic E-state index is 4.55. The third-order valence-electron chi connectivity index (χ3n) is 4.96. The number of aromatic nitrogens is 2. The van der Waals surface area contributed by atoms with Crippen LogP contribution in [0.4, 0.5) is 0 Å². The number of rotatable bonds is 3. The van der Waals surface area contributed by atoms with Gasteiger partial charge in [0.1, 0.15) is 0 Å². The summed E-state index contributed by atoms with van der Waals surface area (Å²) in [5.74, 6) is 0. The summed E-state index contributed by atoms with van der Waals surface area (Å²) in [7, 11) is 4.26. The lowest BCUT2D eigenvalue weighted by Crippen LogP contribution is -2.46. The molecule has 22 heavy (non-hydrogen) atoms. The molecule has 2 aromatic rings. The number of aryl methyl sites for hydroxylation is 2. The Morgan fingerprint density at radius 2 is 1.82 bits per heavy atom. The van der Waals surface area contributed by atoms with Crippen molar-refractivity contribution in [1.29, 1.82) is 0 Å². The third-order valence-corrected chi connectivity index (χ3v) is 4.96. The summed E-state index contributed by atoms with van der Waals surface area (Å²) in [6.45, 7) is 8.59. The second-order valence-corrected chi connectivity index (χ2v) is 6.42. The predicted octanol–water partition coefficient (Wildman–Crippen LogP) is 2.53. The molecule has 4 heteroatoms. The normalized spacial score (nSPS) is 20.5. The Hall–Kier alpha value is -1.65. The number of benzene rings is 1. The molecule has 1 aliphatic heterocycles. The van der Waals surface area contributed by atoms with Crippen molar-refractivity contribution in [3.05, 3.63) is 52.8 Å². The van der Waals surface area contributed by atoms with Crippen LogP contribution in [0.5, 0.6) is 0 Å². The monoisotopic (exact) mass is 298 g/mol. The average molecular weight is 298 g/mol. The smallest absolute Gasteiger partial charge is 0.0641 e. The van der Waals surface area contributed by atoms with Crippen molar-refractivity contribution in [2.45, 2.75) is 26.4 Å². The van der Waals surface area contributed by atoms with Crippen LogP contribution in [0.3, 0.4) is 0 Å². The van der Waals surface area contributed by atoms with Crippen molar-refractivity contribution in [3.8, 4) is 0 Å². The van der Waals surface area contributed by atoms with E-state index in [1.54, 1.807) is 0 Å². The number of hydrogen-bond acceptors (Lipinski definition) is 3. The quantitative estimate of drug-likeness (QED) is 0.870. The standard InChI is InChI=1S/C18H26N4/c1-14-17(15(2)21(4)19-14)12-22-11-10-20(3)18(13-22)16-8-6-5-7-9-16/h5-9,18H,10-13H2,1-4H3/t18-/m0/s1. The molecule has 2 heterocycles. The van der Waals surface area contributed by atoms with E-state index in [9.17, 15) is 0 Å². The zero-order valence-corrected chi connectivity index (χ0v) is 14.1. The summed E-state index contributed by atoms with van der Waals surface area (Å²) < 4.78 is 2.00. The van der Waals surface area contributed by atoms with E-state index >= 15 is 0 Å². The fraction of sp³-hybridized carbons (Fsp3) is 0.500. The van der Waals surface area contributed by atoms with Gasteiger partial charge in [0.05, 0.1) is 5.69 Å². The Bertz CT molecular complexity index is 632. The average Bonchev–Trinajstić information content (AvgIpc) is 2.76. The van der Waals surface area contributed by atoms with Gasteiger partial charge in [-0.25, -0.2) is 0 Å². The molecule has 1 aliphatic rings. The minimum absolute atomic E-state index is 0.479. The Kier molecular flexibility index (Phi) is 4.32. The lowest BCUT2D eigenvalue weighted by atomic mass is 10.0. The van der Waals surface area contributed by atoms with Gasteiger partial charge in [-0.05, 0) is 26.5 Å². The molecule has 1 aromatic heterocycles. The second kappa shape index (κ2) is 6.23. The largest absolute Gasteiger partial charge is 0.297 e. The van der Waals surface area contributed by atoms with Gasteiger partial charge in [0, 0.05) is 50.5 Å². The Balaban J connectivity index is 1.76. The van der Waals surface area contributed by atoms with Crippen LogP contribution in [0.25, 0.3) is 0 Å². The van der Waals surface area contributed by atoms with E-state index in [1.807, 2.05) is 11.7 Å². The third kappa shape index (κ3) is 2.94. The molecule has 3 rings (SSSR count). The molecular weight excluding hydrogens is 272 g/mol. The molecule has 118 valence electrons. The molecule has 0 spiro atoms. The first-order valence-corrected chi connectivity index (χ1v) is 8.03. The zero-order valence-electron chi connectivity index (χ0n) is 14.1. The van der Waals surface area contributed by atoms with Gasteiger partial charge in [-0.2, -0.15) is 5.10 Å². The fourth-order valence-corrected chi connectivity index (χ4v) is 3.38. The van der Waals surface area contributed by atoms with Crippen LogP contribution in [0.15, 0.2) is 30.3 Å². The van der Waals surface area contributed by atoms with Crippen LogP contribution in [0.2, 0.25) is 0 Å². The van der Waals surface area contributed by atoms with Crippen LogP contribution in [0.1, 0.15) is 28.6 Å². The number of hydrogen-bond donors (Lipinski definition) is 0. The highest BCUT2D eigenvalue weighted by molar-refractivity contribution is 5.25. The number of piperazine rings is 1. The van der Waals surface area contributed by atoms with Crippen molar-refractivity contribution >= 4 is 0 Å². The summed E-state index contributed by atoms with van der Waals surface area (Å²) in [5.41, 5.74) is 5.25. The molecule has 0 amide bonds. The molecule has 0 unspecified atom stereocenters. The van der Waals surface area contributed by atoms with Crippen LogP contribution >= 0.6 is 0 Å². The summed E-state index contributed by atoms with van der Waals surface area (Å²) in [6.07, 6.45) is 0. The first-order chi connectivity index (χ1) is 10.6. The zero-order chi connectivity index (χ0) is 15.7. The number of likely N-dealkylation sites (N-methyl/N-ethyl adjacent to an activating group) is 1. The molecule has 0 bridgehead atoms. The van der Waals surface area contributed by atoms with Gasteiger partial charge in [0.15, 0.2) is 0 Å². The lowest BCUT2D eigenvalue weighted by Gasteiger charge is -2.39. The van der Waals surface area contributed by atoms with E-state index in [4.69, 9.17) is 0 Å². The van der Waals surface area contributed by atoms with Gasteiger partial charge < -0.3 is 0 Å². The van der Waals surface area contributed by atoms with Gasteiger partial charge >= 0.3 is 0 Å². The maximum atomic E-state index is 4.55. The van der Waals surface area contributed by atoms with Crippen molar-refractivity contribution in [2.24, 2.45) is 7.05 Å². The van der Waals surface area contributed by atoms with Crippen molar-refractivity contribution in [2.75, 3.05) is 26.7 Å². The number of nitrogens with zero attached hydrogens (tertiary/aromatic N) is 4. The van der Waals surface area contributed by atoms with Gasteiger partial charge in [-0.3, -0.25) is 14.5 Å². The maximum Gasteiger partial charge on any atom is 0.0641 e. The van der Waals surface area contributed by atoms with Crippen LogP contribution in [0, 0.1) is 13.8 Å². The predicted molar refractivity (Wildman–Crippen MR) is 89.8 cm³/mol. The van der Waals surface area contributed by atoms with Crippen LogP contribution < -0.4 is 0 Å². The molecule has 0 saturated carbocycles. The SMILES string of the molecule is Cc1nn(C)c(C)c1CN1CCN(C)[C@H](c2ccccc2)C1. The summed E-state index contributed by atoms with van der Waals surface area (Å²) in [6, 6.07) is 11.3. The van der Waals surface area contributed by atoms with Crippen molar-refractivity contribution in [1.82, 2.24) is 19.6 Å². The highest BCUT2D eigenvalue weighted by Gasteiger charge is 2.26. The Labute approximate surface area is 133 Å². The summed E-state index contributed by atoms with van der Waals surface area (Å²) >= 11 is 0. The molecule has 1 fully saturated rings. The van der Waals surface area contributed by atoms with E-state index < -0.39 is 0 Å². The molecule has 1 aromatic carbocycles. The minimum Gasteiger partial charge on any atom is -0.297 e. The van der Waals surface area contributed by atoms with Gasteiger partial charge in [-0.15, -0.1) is 0 Å². The van der Waals surface area contributed by atoms with E-state index in [0.717, 1.165) is 31.9 Å². The lowest BCUT2D eigenvalue weighted by molar-refractivity contribution is 0.0902. The van der Waals surface area contributed by atoms with Crippen LogP contribution in [-0.4, -0.2) is 46.3 Å². The minimum atomic E-state index is 0.479. The highest BCUT2D eigenvalue weighted by atomic mass is 15.3. The van der Waals surface area contributed by atoms with E-state index in [0.29, 0.717) is 6.04 Å². The van der Waals surface area contributed by atoms with Crippen molar-refractivity contribution < 1.29 is 0 Å². The molecule has 1 saturated heterocycles. The van der Waals surface area contributed by atoms with Gasteiger partial charge in [0.2, 0.25) is 0 Å². The first kappa shape index (κ1) is 15.3. The van der Waals surface area contributed by atoms with Gasteiger partial charge in [0.25, 0.3) is 0 Å². The second-order valence-electron chi connectivity index (χ2n) is 6.42. The molecule has 0 radical (unpaired) electrons. The molecule has 4 nitrogen and oxygen atoms in total. The molecule has 1 atom stereocenters. The summed E-state index contributed by atoms with van der Waals surface area (Å²) in [4.78, 5) is 5.03. The van der Waals surface area contributed by atoms with Crippen molar-refractivity contribution in [3.63, 3.8) is 0 Å². The van der Waals surface area contributed by atoms with E-state index in [1.165, 1.54) is 16.8 Å². The molecular formula is C18H26N4. The summed E-state index contributed by atoms with van der Waals surface area (Å²) in [5, 5.41) is 4.55. The van der Waals surface area contributed by atoms with Crippen LogP contribution in [-0.2, 0) is 13.6 Å². The fourth-order valence-electron chi connectivity index (χ4n) is 3.38. The Morgan fingerprint density at radius 1 is 1.09 bits per heavy atom. The highest BCUT2D eigenvalue weighted by Crippen LogP contribution is 2.25. The van der Waals surface area contributed by atoms with E-state index in [2.05, 4.69) is 66.1 Å². The molecule has 0 aliphatic carbocycles. The first-order valence-electron chi connectivity index (χ1n) is 8.03. The Morgan fingerprint density at radius 3 is 2.45 bits per heavy atom. The van der Waals surface area contributed by atoms with E-state index in [-0.39, 0.29) is 0 Å². The molecule has 0 N–H and O–H groups in total.